The number of methoxy groups -OCH3 is 1. The molecular formula is C21H31N3O6S. The summed E-state index contributed by atoms with van der Waals surface area (Å²) in [6.45, 7) is 2.84. The zero-order valence-corrected chi connectivity index (χ0v) is 18.7. The smallest absolute Gasteiger partial charge is 0.282 e. The number of hydrogen-bond acceptors (Lipinski definition) is 6. The predicted molar refractivity (Wildman–Crippen MR) is 113 cm³/mol. The monoisotopic (exact) mass is 453 g/mol. The van der Waals surface area contributed by atoms with Crippen molar-refractivity contribution in [2.24, 2.45) is 5.92 Å². The van der Waals surface area contributed by atoms with Crippen LogP contribution in [0.25, 0.3) is 0 Å². The summed E-state index contributed by atoms with van der Waals surface area (Å²) in [6.07, 6.45) is 2.40. The molecule has 0 aromatic heterocycles. The average molecular weight is 454 g/mol. The van der Waals surface area contributed by atoms with Gasteiger partial charge in [-0.2, -0.15) is 17.0 Å². The van der Waals surface area contributed by atoms with Gasteiger partial charge < -0.3 is 19.5 Å². The van der Waals surface area contributed by atoms with Gasteiger partial charge >= 0.3 is 0 Å². The van der Waals surface area contributed by atoms with Crippen LogP contribution in [0.5, 0.6) is 5.75 Å². The second-order valence-electron chi connectivity index (χ2n) is 8.24. The van der Waals surface area contributed by atoms with Crippen molar-refractivity contribution in [2.45, 2.75) is 38.0 Å². The lowest BCUT2D eigenvalue weighted by Crippen LogP contribution is -2.54. The number of carbonyl (C=O) groups is 1. The molecule has 3 fully saturated rings. The van der Waals surface area contributed by atoms with Crippen LogP contribution in [0.4, 0.5) is 0 Å². The first kappa shape index (κ1) is 22.5. The molecule has 3 aliphatic heterocycles. The first-order chi connectivity index (χ1) is 14.9. The third-order valence-corrected chi connectivity index (χ3v) is 8.35. The van der Waals surface area contributed by atoms with Gasteiger partial charge in [0.05, 0.1) is 26.2 Å². The van der Waals surface area contributed by atoms with Crippen LogP contribution in [0.3, 0.4) is 0 Å². The van der Waals surface area contributed by atoms with E-state index in [1.165, 1.54) is 8.61 Å². The second-order valence-corrected chi connectivity index (χ2v) is 10.2. The van der Waals surface area contributed by atoms with E-state index in [1.54, 1.807) is 7.11 Å². The van der Waals surface area contributed by atoms with Crippen LogP contribution in [-0.2, 0) is 31.0 Å². The number of nitrogens with zero attached hydrogens (tertiary/aromatic N) is 2. The van der Waals surface area contributed by atoms with Crippen LogP contribution in [0, 0.1) is 5.92 Å². The largest absolute Gasteiger partial charge is 0.496 e. The van der Waals surface area contributed by atoms with Gasteiger partial charge in [-0.25, -0.2) is 0 Å². The molecule has 1 atom stereocenters. The number of nitrogens with one attached hydrogen (secondary N) is 1. The van der Waals surface area contributed by atoms with Crippen molar-refractivity contribution in [3.63, 3.8) is 0 Å². The molecule has 0 saturated carbocycles. The van der Waals surface area contributed by atoms with E-state index in [-0.39, 0.29) is 18.4 Å². The molecule has 0 aliphatic carbocycles. The summed E-state index contributed by atoms with van der Waals surface area (Å²) in [4.78, 5) is 12.8. The highest BCUT2D eigenvalue weighted by Gasteiger charge is 2.44. The fraction of sp³-hybridized carbons (Fsp3) is 0.667. The Kier molecular flexibility index (Phi) is 6.83. The average Bonchev–Trinajstić information content (AvgIpc) is 3.25. The molecule has 0 radical (unpaired) electrons. The molecule has 10 heteroatoms. The molecule has 3 aliphatic rings. The Morgan fingerprint density at radius 2 is 1.87 bits per heavy atom. The van der Waals surface area contributed by atoms with Gasteiger partial charge in [-0.15, -0.1) is 0 Å². The van der Waals surface area contributed by atoms with Gasteiger partial charge in [0.15, 0.2) is 5.79 Å². The zero-order valence-electron chi connectivity index (χ0n) is 17.9. The van der Waals surface area contributed by atoms with Crippen molar-refractivity contribution < 1.29 is 27.4 Å². The summed E-state index contributed by atoms with van der Waals surface area (Å²) in [5.74, 6) is -0.393. The quantitative estimate of drug-likeness (QED) is 0.693. The third kappa shape index (κ3) is 4.88. The normalized spacial score (nSPS) is 24.9. The molecule has 0 unspecified atom stereocenters. The predicted octanol–water partition coefficient (Wildman–Crippen LogP) is 1.11. The van der Waals surface area contributed by atoms with E-state index in [0.717, 1.165) is 5.56 Å². The van der Waals surface area contributed by atoms with E-state index in [0.29, 0.717) is 70.8 Å². The number of ether oxygens (including phenoxy) is 3. The number of piperidine rings is 2. The van der Waals surface area contributed by atoms with Gasteiger partial charge in [0.25, 0.3) is 10.2 Å². The molecule has 31 heavy (non-hydrogen) atoms. The summed E-state index contributed by atoms with van der Waals surface area (Å²) in [5.41, 5.74) is 0.886. The molecule has 4 rings (SSSR count). The minimum absolute atomic E-state index is 0.129. The van der Waals surface area contributed by atoms with Gasteiger partial charge in [-0.05, 0) is 18.9 Å². The SMILES string of the molecule is COc1ccccc1CNC(=O)[C@@H]1CCCN(S(=O)(=O)N2CCC3(CC2)OCCO3)C1. The maximum absolute atomic E-state index is 13.2. The van der Waals surface area contributed by atoms with E-state index in [1.807, 2.05) is 24.3 Å². The van der Waals surface area contributed by atoms with E-state index in [2.05, 4.69) is 5.32 Å². The lowest BCUT2D eigenvalue weighted by molar-refractivity contribution is -0.179. The minimum Gasteiger partial charge on any atom is -0.496 e. The Morgan fingerprint density at radius 3 is 2.58 bits per heavy atom. The van der Waals surface area contributed by atoms with Gasteiger partial charge in [-0.1, -0.05) is 18.2 Å². The lowest BCUT2D eigenvalue weighted by atomic mass is 9.98. The number of amides is 1. The van der Waals surface area contributed by atoms with Gasteiger partial charge in [-0.3, -0.25) is 4.79 Å². The zero-order chi connectivity index (χ0) is 21.9. The molecular weight excluding hydrogens is 422 g/mol. The molecule has 0 bridgehead atoms. The van der Waals surface area contributed by atoms with Crippen molar-refractivity contribution in [3.8, 4) is 5.75 Å². The Labute approximate surface area is 183 Å². The molecule has 3 saturated heterocycles. The molecule has 172 valence electrons. The number of benzene rings is 1. The maximum atomic E-state index is 13.2. The van der Waals surface area contributed by atoms with Crippen LogP contribution in [0.2, 0.25) is 0 Å². The maximum Gasteiger partial charge on any atom is 0.282 e. The standard InChI is InChI=1S/C21H31N3O6S/c1-28-19-7-3-2-5-17(19)15-22-20(25)18-6-4-10-24(16-18)31(26,27)23-11-8-21(9-12-23)29-13-14-30-21/h2-3,5,7,18H,4,6,8-16H2,1H3,(H,22,25)/t18-/m1/s1. The molecule has 1 amide bonds. The highest BCUT2D eigenvalue weighted by Crippen LogP contribution is 2.33. The van der Waals surface area contributed by atoms with E-state index >= 15 is 0 Å². The Bertz CT molecular complexity index is 877. The Morgan fingerprint density at radius 1 is 1.16 bits per heavy atom. The van der Waals surface area contributed by atoms with Crippen molar-refractivity contribution in [1.82, 2.24) is 13.9 Å². The first-order valence-corrected chi connectivity index (χ1v) is 12.3. The minimum atomic E-state index is -3.62. The number of carbonyl (C=O) groups excluding carboxylic acids is 1. The summed E-state index contributed by atoms with van der Waals surface area (Å²) in [6, 6.07) is 7.52. The van der Waals surface area contributed by atoms with Gasteiger partial charge in [0.1, 0.15) is 5.75 Å². The summed E-state index contributed by atoms with van der Waals surface area (Å²) in [5, 5.41) is 2.94. The molecule has 9 nitrogen and oxygen atoms in total. The van der Waals surface area contributed by atoms with Gasteiger partial charge in [0.2, 0.25) is 5.91 Å². The molecule has 3 heterocycles. The van der Waals surface area contributed by atoms with E-state index in [9.17, 15) is 13.2 Å². The fourth-order valence-corrected chi connectivity index (χ4v) is 6.25. The summed E-state index contributed by atoms with van der Waals surface area (Å²) < 4.78 is 46.1. The lowest BCUT2D eigenvalue weighted by Gasteiger charge is -2.40. The summed E-state index contributed by atoms with van der Waals surface area (Å²) >= 11 is 0. The van der Waals surface area contributed by atoms with Crippen molar-refractivity contribution in [1.29, 1.82) is 0 Å². The number of hydrogen-bond donors (Lipinski definition) is 1. The van der Waals surface area contributed by atoms with E-state index in [4.69, 9.17) is 14.2 Å². The second kappa shape index (κ2) is 9.41. The van der Waals surface area contributed by atoms with Crippen molar-refractivity contribution >= 4 is 16.1 Å². The number of para-hydroxylation sites is 1. The highest BCUT2D eigenvalue weighted by atomic mass is 32.2. The Hall–Kier alpha value is -1.72. The topological polar surface area (TPSA) is 97.4 Å². The fourth-order valence-electron chi connectivity index (χ4n) is 4.55. The van der Waals surface area contributed by atoms with Crippen LogP contribution in [0.1, 0.15) is 31.2 Å². The highest BCUT2D eigenvalue weighted by molar-refractivity contribution is 7.86. The molecule has 1 aromatic rings. The molecule has 1 spiro atoms. The Balaban J connectivity index is 1.33. The van der Waals surface area contributed by atoms with Gasteiger partial charge in [0, 0.05) is 51.1 Å². The molecule has 1 N–H and O–H groups in total. The first-order valence-electron chi connectivity index (χ1n) is 10.9. The van der Waals surface area contributed by atoms with E-state index < -0.39 is 16.0 Å². The third-order valence-electron chi connectivity index (χ3n) is 6.35. The van der Waals surface area contributed by atoms with Crippen LogP contribution < -0.4 is 10.1 Å². The van der Waals surface area contributed by atoms with Crippen LogP contribution in [0.15, 0.2) is 24.3 Å². The molecule has 1 aromatic carbocycles. The summed E-state index contributed by atoms with van der Waals surface area (Å²) in [7, 11) is -2.02. The van der Waals surface area contributed by atoms with Crippen LogP contribution in [-0.4, -0.2) is 75.2 Å². The number of rotatable bonds is 6. The van der Waals surface area contributed by atoms with Crippen molar-refractivity contribution in [3.05, 3.63) is 29.8 Å². The van der Waals surface area contributed by atoms with Crippen LogP contribution >= 0.6 is 0 Å². The van der Waals surface area contributed by atoms with Crippen molar-refractivity contribution in [2.75, 3.05) is 46.5 Å².